The first-order valence-corrected chi connectivity index (χ1v) is 10.6. The summed E-state index contributed by atoms with van der Waals surface area (Å²) in [6, 6.07) is 18.4. The number of thiophene rings is 1. The maximum absolute atomic E-state index is 12.6. The van der Waals surface area contributed by atoms with Gasteiger partial charge in [-0.1, -0.05) is 44.2 Å². The topological polar surface area (TPSA) is 64.2 Å². The molecule has 1 aliphatic heterocycles. The summed E-state index contributed by atoms with van der Waals surface area (Å²) in [5.74, 6) is 1.82. The first-order chi connectivity index (χ1) is 14.1. The van der Waals surface area contributed by atoms with Crippen LogP contribution in [0.3, 0.4) is 0 Å². The molecule has 1 aliphatic rings. The van der Waals surface area contributed by atoms with Crippen LogP contribution in [0, 0.1) is 0 Å². The minimum atomic E-state index is -0.0516. The summed E-state index contributed by atoms with van der Waals surface area (Å²) in [7, 11) is 0. The summed E-state index contributed by atoms with van der Waals surface area (Å²) in [4.78, 5) is 13.8. The molecule has 1 amide bonds. The molecule has 5 nitrogen and oxygen atoms in total. The van der Waals surface area contributed by atoms with Gasteiger partial charge < -0.3 is 20.1 Å². The number of nitrogens with one attached hydrogen (secondary N) is 1. The van der Waals surface area contributed by atoms with Crippen LogP contribution in [-0.4, -0.2) is 19.2 Å². The van der Waals surface area contributed by atoms with E-state index in [9.17, 15) is 4.79 Å². The molecule has 0 spiro atoms. The molecule has 3 N–H and O–H groups in total. The van der Waals surface area contributed by atoms with E-state index in [1.807, 2.05) is 12.1 Å². The molecule has 0 unspecified atom stereocenters. The van der Waals surface area contributed by atoms with Gasteiger partial charge in [-0.3, -0.25) is 4.79 Å². The van der Waals surface area contributed by atoms with Gasteiger partial charge in [-0.2, -0.15) is 0 Å². The van der Waals surface area contributed by atoms with Crippen molar-refractivity contribution in [1.29, 1.82) is 0 Å². The van der Waals surface area contributed by atoms with Gasteiger partial charge in [0.25, 0.3) is 5.91 Å². The van der Waals surface area contributed by atoms with E-state index in [1.165, 1.54) is 16.0 Å². The van der Waals surface area contributed by atoms with Gasteiger partial charge in [0.2, 0.25) is 6.79 Å². The van der Waals surface area contributed by atoms with Gasteiger partial charge in [0, 0.05) is 17.3 Å². The third-order valence-corrected chi connectivity index (χ3v) is 5.96. The number of amides is 1. The van der Waals surface area contributed by atoms with Crippen LogP contribution in [0.15, 0.2) is 60.0 Å². The van der Waals surface area contributed by atoms with E-state index >= 15 is 0 Å². The van der Waals surface area contributed by atoms with Crippen molar-refractivity contribution in [2.75, 3.05) is 18.7 Å². The second-order valence-corrected chi connectivity index (χ2v) is 8.35. The largest absolute Gasteiger partial charge is 0.454 e. The molecule has 4 rings (SSSR count). The molecule has 0 saturated heterocycles. The second kappa shape index (κ2) is 8.68. The summed E-state index contributed by atoms with van der Waals surface area (Å²) in [5.41, 5.74) is 3.23. The number of benzene rings is 2. The molecule has 0 saturated carbocycles. The lowest BCUT2D eigenvalue weighted by Crippen LogP contribution is -2.87. The number of hydrogen-bond acceptors (Lipinski definition) is 4. The maximum Gasteiger partial charge on any atom is 0.279 e. The molecule has 2 heterocycles. The molecule has 2 aromatic carbocycles. The van der Waals surface area contributed by atoms with Crippen LogP contribution < -0.4 is 20.1 Å². The molecule has 29 heavy (non-hydrogen) atoms. The highest BCUT2D eigenvalue weighted by Gasteiger charge is 2.21. The Bertz CT molecular complexity index is 968. The first-order valence-electron chi connectivity index (χ1n) is 9.76. The van der Waals surface area contributed by atoms with Crippen molar-refractivity contribution in [3.8, 4) is 11.5 Å². The number of carbonyl (C=O) groups is 1. The lowest BCUT2D eigenvalue weighted by molar-refractivity contribution is -0.675. The van der Waals surface area contributed by atoms with E-state index < -0.39 is 0 Å². The van der Waals surface area contributed by atoms with Crippen molar-refractivity contribution in [2.45, 2.75) is 25.8 Å². The Hall–Kier alpha value is -2.83. The van der Waals surface area contributed by atoms with E-state index in [2.05, 4.69) is 66.3 Å². The predicted octanol–water partition coefficient (Wildman–Crippen LogP) is 3.89. The SMILES string of the molecule is CC(C)c1ccc([C@@H]([NH2+]CC(=O)Nc2ccc3c(c2)OCO3)c2cccs2)cc1. The zero-order valence-corrected chi connectivity index (χ0v) is 17.4. The minimum Gasteiger partial charge on any atom is -0.454 e. The Kier molecular flexibility index (Phi) is 5.83. The van der Waals surface area contributed by atoms with Crippen LogP contribution in [0.1, 0.15) is 41.8 Å². The quantitative estimate of drug-likeness (QED) is 0.622. The van der Waals surface area contributed by atoms with E-state index in [-0.39, 0.29) is 18.7 Å². The molecule has 6 heteroatoms. The highest BCUT2D eigenvalue weighted by molar-refractivity contribution is 7.10. The number of nitrogens with two attached hydrogens (primary N) is 1. The molecular formula is C23H25N2O3S+. The second-order valence-electron chi connectivity index (χ2n) is 7.37. The van der Waals surface area contributed by atoms with Crippen LogP contribution in [0.5, 0.6) is 11.5 Å². The monoisotopic (exact) mass is 409 g/mol. The molecule has 0 aliphatic carbocycles. The van der Waals surface area contributed by atoms with Crippen LogP contribution in [0.4, 0.5) is 5.69 Å². The number of hydrogen-bond donors (Lipinski definition) is 2. The Morgan fingerprint density at radius 3 is 2.55 bits per heavy atom. The molecule has 1 atom stereocenters. The van der Waals surface area contributed by atoms with Crippen molar-refractivity contribution in [1.82, 2.24) is 0 Å². The summed E-state index contributed by atoms with van der Waals surface area (Å²) in [6.45, 7) is 4.93. The van der Waals surface area contributed by atoms with E-state index in [1.54, 1.807) is 17.4 Å². The fourth-order valence-electron chi connectivity index (χ4n) is 3.38. The van der Waals surface area contributed by atoms with Crippen LogP contribution in [0.25, 0.3) is 0 Å². The molecule has 3 aromatic rings. The van der Waals surface area contributed by atoms with Gasteiger partial charge >= 0.3 is 0 Å². The Morgan fingerprint density at radius 1 is 1.07 bits per heavy atom. The summed E-state index contributed by atoms with van der Waals surface area (Å²) >= 11 is 1.71. The summed E-state index contributed by atoms with van der Waals surface area (Å²) in [6.07, 6.45) is 0. The molecular weight excluding hydrogens is 384 g/mol. The molecule has 1 aromatic heterocycles. The average molecular weight is 410 g/mol. The highest BCUT2D eigenvalue weighted by atomic mass is 32.1. The Morgan fingerprint density at radius 2 is 1.83 bits per heavy atom. The first kappa shape index (κ1) is 19.5. The van der Waals surface area contributed by atoms with Gasteiger partial charge in [0.15, 0.2) is 18.0 Å². The molecule has 0 bridgehead atoms. The number of rotatable bonds is 7. The fraction of sp³-hybridized carbons (Fsp3) is 0.261. The van der Waals surface area contributed by atoms with Crippen molar-refractivity contribution in [2.24, 2.45) is 0 Å². The van der Waals surface area contributed by atoms with E-state index in [4.69, 9.17) is 9.47 Å². The normalized spacial score (nSPS) is 13.5. The Balaban J connectivity index is 1.43. The van der Waals surface area contributed by atoms with Crippen LogP contribution in [0.2, 0.25) is 0 Å². The number of fused-ring (bicyclic) bond motifs is 1. The number of ether oxygens (including phenoxy) is 2. The van der Waals surface area contributed by atoms with Crippen molar-refractivity contribution in [3.63, 3.8) is 0 Å². The van der Waals surface area contributed by atoms with Crippen molar-refractivity contribution in [3.05, 3.63) is 76.0 Å². The number of anilines is 1. The fourth-order valence-corrected chi connectivity index (χ4v) is 4.23. The van der Waals surface area contributed by atoms with Gasteiger partial charge in [-0.15, -0.1) is 11.3 Å². The number of carbonyl (C=O) groups excluding carboxylic acids is 1. The lowest BCUT2D eigenvalue weighted by atomic mass is 9.98. The van der Waals surface area contributed by atoms with Gasteiger partial charge in [0.1, 0.15) is 6.04 Å². The molecule has 0 radical (unpaired) electrons. The van der Waals surface area contributed by atoms with Crippen molar-refractivity contribution >= 4 is 22.9 Å². The van der Waals surface area contributed by atoms with E-state index in [0.29, 0.717) is 29.6 Å². The smallest absolute Gasteiger partial charge is 0.279 e. The molecule has 150 valence electrons. The van der Waals surface area contributed by atoms with Gasteiger partial charge in [-0.25, -0.2) is 0 Å². The van der Waals surface area contributed by atoms with Gasteiger partial charge in [0.05, 0.1) is 4.88 Å². The van der Waals surface area contributed by atoms with Crippen molar-refractivity contribution < 1.29 is 19.6 Å². The maximum atomic E-state index is 12.6. The standard InChI is InChI=1S/C23H24N2O3S/c1-15(2)16-5-7-17(8-6-16)23(21-4-3-11-29-21)24-13-22(26)25-18-9-10-19-20(12-18)28-14-27-19/h3-12,15,23-24H,13-14H2,1-2H3,(H,25,26)/p+1/t23-/m1/s1. The summed E-state index contributed by atoms with van der Waals surface area (Å²) in [5, 5.41) is 7.10. The Labute approximate surface area is 174 Å². The zero-order chi connectivity index (χ0) is 20.2. The summed E-state index contributed by atoms with van der Waals surface area (Å²) < 4.78 is 10.7. The van der Waals surface area contributed by atoms with E-state index in [0.717, 1.165) is 0 Å². The third-order valence-electron chi connectivity index (χ3n) is 5.01. The highest BCUT2D eigenvalue weighted by Crippen LogP contribution is 2.34. The predicted molar refractivity (Wildman–Crippen MR) is 115 cm³/mol. The number of quaternary nitrogens is 1. The lowest BCUT2D eigenvalue weighted by Gasteiger charge is -2.16. The van der Waals surface area contributed by atoms with Gasteiger partial charge in [-0.05, 0) is 35.1 Å². The minimum absolute atomic E-state index is 0.0516. The van der Waals surface area contributed by atoms with Crippen LogP contribution in [-0.2, 0) is 4.79 Å². The molecule has 0 fully saturated rings. The zero-order valence-electron chi connectivity index (χ0n) is 16.6. The average Bonchev–Trinajstić information content (AvgIpc) is 3.40. The van der Waals surface area contributed by atoms with Crippen LogP contribution >= 0.6 is 11.3 Å². The third kappa shape index (κ3) is 4.60.